The predicted molar refractivity (Wildman–Crippen MR) is 145 cm³/mol. The van der Waals surface area contributed by atoms with Crippen molar-refractivity contribution in [3.8, 4) is 23.0 Å². The zero-order chi connectivity index (χ0) is 26.5. The molecule has 1 spiro atoms. The van der Waals surface area contributed by atoms with Crippen LogP contribution in [-0.4, -0.2) is 29.8 Å². The number of ether oxygens (including phenoxy) is 3. The van der Waals surface area contributed by atoms with Crippen molar-refractivity contribution in [2.75, 3.05) is 13.2 Å². The average Bonchev–Trinajstić information content (AvgIpc) is 2.71. The number of nitrogens with zero attached hydrogens (tertiary/aromatic N) is 1. The first-order valence-corrected chi connectivity index (χ1v) is 12.7. The van der Waals surface area contributed by atoms with Crippen molar-refractivity contribution in [1.29, 1.82) is 0 Å². The van der Waals surface area contributed by atoms with Crippen LogP contribution in [0.25, 0.3) is 0 Å². The van der Waals surface area contributed by atoms with Crippen LogP contribution in [0.3, 0.4) is 0 Å². The van der Waals surface area contributed by atoms with Gasteiger partial charge in [-0.2, -0.15) is 0 Å². The Morgan fingerprint density at radius 2 is 1.53 bits per heavy atom. The van der Waals surface area contributed by atoms with E-state index in [9.17, 15) is 5.11 Å². The molecule has 1 atom stereocenters. The summed E-state index contributed by atoms with van der Waals surface area (Å²) in [6.45, 7) is 17.6. The smallest absolute Gasteiger partial charge is 0.252 e. The number of hydrogen-bond acceptors (Lipinski definition) is 6. The standard InChI is InChI=1S/C30H40N2O4/c1-18-11-26-22(14-24(18)33)28(5,6)16-30(35-26)17-29(7,8)23-15-25(19(2)12-27(23)36-30)34-10-9-32-21(4)13-20(3)31/h11-15,33H,9-10,16-17,31H2,1-8H3/b20-13-,32-21?. The van der Waals surface area contributed by atoms with Crippen LogP contribution < -0.4 is 19.9 Å². The molecule has 0 radical (unpaired) electrons. The summed E-state index contributed by atoms with van der Waals surface area (Å²) in [5.74, 6) is 1.98. The lowest BCUT2D eigenvalue weighted by molar-refractivity contribution is -0.166. The van der Waals surface area contributed by atoms with Crippen molar-refractivity contribution in [2.24, 2.45) is 10.7 Å². The van der Waals surface area contributed by atoms with Gasteiger partial charge in [0.1, 0.15) is 29.6 Å². The Morgan fingerprint density at radius 1 is 0.972 bits per heavy atom. The maximum atomic E-state index is 10.3. The molecule has 2 aliphatic heterocycles. The van der Waals surface area contributed by atoms with Crippen molar-refractivity contribution in [3.05, 3.63) is 58.3 Å². The Morgan fingerprint density at radius 3 is 2.11 bits per heavy atom. The number of nitrogens with two attached hydrogens (primary N) is 1. The van der Waals surface area contributed by atoms with Gasteiger partial charge in [-0.3, -0.25) is 4.99 Å². The number of rotatable bonds is 5. The molecule has 36 heavy (non-hydrogen) atoms. The Balaban J connectivity index is 1.60. The Kier molecular flexibility index (Phi) is 6.52. The van der Waals surface area contributed by atoms with Crippen molar-refractivity contribution in [3.63, 3.8) is 0 Å². The lowest BCUT2D eigenvalue weighted by atomic mass is 9.69. The normalized spacial score (nSPS) is 22.3. The number of benzene rings is 2. The summed E-state index contributed by atoms with van der Waals surface area (Å²) >= 11 is 0. The van der Waals surface area contributed by atoms with Gasteiger partial charge in [0.15, 0.2) is 0 Å². The lowest BCUT2D eigenvalue weighted by Gasteiger charge is -2.51. The zero-order valence-electron chi connectivity index (χ0n) is 22.9. The number of fused-ring (bicyclic) bond motifs is 2. The average molecular weight is 493 g/mol. The summed E-state index contributed by atoms with van der Waals surface area (Å²) < 4.78 is 19.5. The molecular weight excluding hydrogens is 452 g/mol. The van der Waals surface area contributed by atoms with E-state index in [-0.39, 0.29) is 10.8 Å². The first-order valence-electron chi connectivity index (χ1n) is 12.7. The van der Waals surface area contributed by atoms with Gasteiger partial charge in [-0.15, -0.1) is 0 Å². The van der Waals surface area contributed by atoms with Crippen molar-refractivity contribution in [2.45, 2.75) is 84.8 Å². The summed E-state index contributed by atoms with van der Waals surface area (Å²) in [7, 11) is 0. The van der Waals surface area contributed by atoms with Crippen LogP contribution in [0.4, 0.5) is 0 Å². The largest absolute Gasteiger partial charge is 0.508 e. The summed E-state index contributed by atoms with van der Waals surface area (Å²) in [6, 6.07) is 7.95. The van der Waals surface area contributed by atoms with Crippen LogP contribution >= 0.6 is 0 Å². The third-order valence-corrected chi connectivity index (χ3v) is 7.19. The summed E-state index contributed by atoms with van der Waals surface area (Å²) in [5, 5.41) is 10.3. The highest BCUT2D eigenvalue weighted by Crippen LogP contribution is 2.55. The van der Waals surface area contributed by atoms with E-state index in [1.807, 2.05) is 45.9 Å². The van der Waals surface area contributed by atoms with Crippen LogP contribution in [0.15, 0.2) is 41.0 Å². The zero-order valence-corrected chi connectivity index (χ0v) is 22.9. The third kappa shape index (κ3) is 5.04. The third-order valence-electron chi connectivity index (χ3n) is 7.19. The molecular formula is C30H40N2O4. The molecule has 2 aromatic carbocycles. The molecule has 0 saturated carbocycles. The maximum Gasteiger partial charge on any atom is 0.252 e. The number of hydrogen-bond donors (Lipinski definition) is 2. The summed E-state index contributed by atoms with van der Waals surface area (Å²) in [5.41, 5.74) is 10.9. The fraction of sp³-hybridized carbons (Fsp3) is 0.500. The minimum atomic E-state index is -0.786. The minimum Gasteiger partial charge on any atom is -0.508 e. The van der Waals surface area contributed by atoms with Gasteiger partial charge in [0.25, 0.3) is 5.79 Å². The molecule has 3 N–H and O–H groups in total. The number of phenols is 1. The second-order valence-corrected chi connectivity index (χ2v) is 11.7. The van der Waals surface area contributed by atoms with Gasteiger partial charge in [-0.05, 0) is 69.2 Å². The van der Waals surface area contributed by atoms with Gasteiger partial charge < -0.3 is 25.1 Å². The first kappa shape index (κ1) is 25.9. The fourth-order valence-corrected chi connectivity index (χ4v) is 5.63. The van der Waals surface area contributed by atoms with Crippen LogP contribution in [0.2, 0.25) is 0 Å². The second kappa shape index (κ2) is 9.06. The molecule has 0 aliphatic carbocycles. The highest BCUT2D eigenvalue weighted by Gasteiger charge is 2.53. The molecule has 2 aromatic rings. The second-order valence-electron chi connectivity index (χ2n) is 11.7. The fourth-order valence-electron chi connectivity index (χ4n) is 5.63. The van der Waals surface area contributed by atoms with E-state index in [4.69, 9.17) is 19.9 Å². The molecule has 194 valence electrons. The van der Waals surface area contributed by atoms with Crippen LogP contribution in [0, 0.1) is 13.8 Å². The molecule has 0 amide bonds. The number of aromatic hydroxyl groups is 1. The van der Waals surface area contributed by atoms with Crippen molar-refractivity contribution >= 4 is 5.71 Å². The highest BCUT2D eigenvalue weighted by molar-refractivity contribution is 5.93. The number of aliphatic imine (C=N–C) groups is 1. The minimum absolute atomic E-state index is 0.197. The van der Waals surface area contributed by atoms with Gasteiger partial charge in [-0.1, -0.05) is 27.7 Å². The molecule has 2 heterocycles. The van der Waals surface area contributed by atoms with Gasteiger partial charge >= 0.3 is 0 Å². The van der Waals surface area contributed by atoms with E-state index in [2.05, 4.69) is 44.8 Å². The molecule has 0 bridgehead atoms. The van der Waals surface area contributed by atoms with E-state index in [0.717, 1.165) is 50.9 Å². The van der Waals surface area contributed by atoms with Crippen molar-refractivity contribution in [1.82, 2.24) is 0 Å². The maximum absolute atomic E-state index is 10.3. The Hall–Kier alpha value is -3.15. The molecule has 6 heteroatoms. The molecule has 1 unspecified atom stereocenters. The topological polar surface area (TPSA) is 86.3 Å². The molecule has 0 aromatic heterocycles. The van der Waals surface area contributed by atoms with Gasteiger partial charge in [-0.25, -0.2) is 0 Å². The Labute approximate surface area is 215 Å². The van der Waals surface area contributed by atoms with E-state index in [1.165, 1.54) is 0 Å². The molecule has 6 nitrogen and oxygen atoms in total. The SMILES string of the molecule is CC(/C=C(/C)N)=NCCOc1cc2c(cc1C)OC1(CC(C)(C)c3cc(O)c(C)cc3O1)CC2(C)C. The molecule has 4 rings (SSSR count). The van der Waals surface area contributed by atoms with Gasteiger partial charge in [0.05, 0.1) is 6.54 Å². The predicted octanol–water partition coefficient (Wildman–Crippen LogP) is 6.23. The van der Waals surface area contributed by atoms with Crippen LogP contribution in [0.1, 0.15) is 76.6 Å². The monoisotopic (exact) mass is 492 g/mol. The Bertz CT molecular complexity index is 1240. The first-order chi connectivity index (χ1) is 16.7. The lowest BCUT2D eigenvalue weighted by Crippen LogP contribution is -2.55. The number of phenolic OH excluding ortho intramolecular Hbond substituents is 1. The van der Waals surface area contributed by atoms with E-state index < -0.39 is 5.79 Å². The van der Waals surface area contributed by atoms with E-state index in [0.29, 0.717) is 31.7 Å². The van der Waals surface area contributed by atoms with Gasteiger partial charge in [0, 0.05) is 46.2 Å². The van der Waals surface area contributed by atoms with E-state index in [1.54, 1.807) is 0 Å². The summed E-state index contributed by atoms with van der Waals surface area (Å²) in [4.78, 5) is 4.50. The number of aryl methyl sites for hydroxylation is 2. The van der Waals surface area contributed by atoms with Crippen LogP contribution in [-0.2, 0) is 10.8 Å². The highest BCUT2D eigenvalue weighted by atomic mass is 16.7. The van der Waals surface area contributed by atoms with Crippen LogP contribution in [0.5, 0.6) is 23.0 Å². The quantitative estimate of drug-likeness (QED) is 0.382. The molecule has 0 fully saturated rings. The van der Waals surface area contributed by atoms with Gasteiger partial charge in [0.2, 0.25) is 0 Å². The van der Waals surface area contributed by atoms with E-state index >= 15 is 0 Å². The molecule has 2 aliphatic rings. The summed E-state index contributed by atoms with van der Waals surface area (Å²) in [6.07, 6.45) is 3.24. The van der Waals surface area contributed by atoms with Crippen molar-refractivity contribution < 1.29 is 19.3 Å². The molecule has 0 saturated heterocycles. The number of allylic oxidation sites excluding steroid dienone is 2.